The minimum absolute atomic E-state index is 0.470. The molecule has 0 saturated heterocycles. The number of hydrogen-bond donors (Lipinski definition) is 0. The second-order valence-corrected chi connectivity index (χ2v) is 7.09. The number of hydrogen-bond acceptors (Lipinski definition) is 3. The molecule has 0 aliphatic heterocycles. The van der Waals surface area contributed by atoms with E-state index in [9.17, 15) is 4.57 Å². The Labute approximate surface area is 118 Å². The van der Waals surface area contributed by atoms with Crippen LogP contribution in [-0.4, -0.2) is 12.8 Å². The maximum Gasteiger partial charge on any atom is 0.379 e. The molecule has 0 radical (unpaired) electrons. The molecule has 0 spiro atoms. The number of benzene rings is 1. The fourth-order valence-electron chi connectivity index (χ4n) is 1.37. The highest BCUT2D eigenvalue weighted by atomic mass is 79.9. The van der Waals surface area contributed by atoms with E-state index in [2.05, 4.69) is 22.9 Å². The highest BCUT2D eigenvalue weighted by Crippen LogP contribution is 2.49. The molecule has 0 aliphatic carbocycles. The van der Waals surface area contributed by atoms with Gasteiger partial charge in [-0.3, -0.25) is 4.52 Å². The van der Waals surface area contributed by atoms with Gasteiger partial charge in [-0.25, -0.2) is 4.57 Å². The third-order valence-corrected chi connectivity index (χ3v) is 4.79. The van der Waals surface area contributed by atoms with Crippen molar-refractivity contribution in [2.24, 2.45) is 0 Å². The van der Waals surface area contributed by atoms with Crippen LogP contribution in [0.15, 0.2) is 28.7 Å². The highest BCUT2D eigenvalue weighted by molar-refractivity contribution is 9.10. The number of rotatable bonds is 8. The summed E-state index contributed by atoms with van der Waals surface area (Å²) in [6.07, 6.45) is 3.13. The quantitative estimate of drug-likeness (QED) is 0.609. The van der Waals surface area contributed by atoms with Gasteiger partial charge in [0.1, 0.15) is 5.75 Å². The van der Waals surface area contributed by atoms with Gasteiger partial charge in [-0.2, -0.15) is 0 Å². The van der Waals surface area contributed by atoms with Crippen LogP contribution in [0.2, 0.25) is 0 Å². The van der Waals surface area contributed by atoms with Crippen LogP contribution in [0.4, 0.5) is 0 Å². The molecule has 0 fully saturated rings. The maximum atomic E-state index is 12.5. The van der Waals surface area contributed by atoms with E-state index in [1.54, 1.807) is 12.1 Å². The minimum atomic E-state index is -3.00. The van der Waals surface area contributed by atoms with Gasteiger partial charge in [-0.1, -0.05) is 36.2 Å². The Kier molecular flexibility index (Phi) is 6.98. The molecule has 0 saturated carbocycles. The first-order valence-corrected chi connectivity index (χ1v) is 8.80. The second kappa shape index (κ2) is 7.98. The van der Waals surface area contributed by atoms with E-state index in [-0.39, 0.29) is 0 Å². The predicted molar refractivity (Wildman–Crippen MR) is 78.4 cm³/mol. The summed E-state index contributed by atoms with van der Waals surface area (Å²) in [4.78, 5) is 0. The van der Waals surface area contributed by atoms with Crippen LogP contribution in [0.1, 0.15) is 33.1 Å². The first kappa shape index (κ1) is 15.7. The van der Waals surface area contributed by atoms with Gasteiger partial charge in [-0.15, -0.1) is 0 Å². The topological polar surface area (TPSA) is 35.5 Å². The first-order chi connectivity index (χ1) is 8.59. The van der Waals surface area contributed by atoms with E-state index >= 15 is 0 Å². The molecular weight excluding hydrogens is 315 g/mol. The lowest BCUT2D eigenvalue weighted by Gasteiger charge is -2.19. The summed E-state index contributed by atoms with van der Waals surface area (Å²) in [5.41, 5.74) is 0. The highest BCUT2D eigenvalue weighted by Gasteiger charge is 2.25. The molecule has 0 aromatic heterocycles. The molecule has 102 valence electrons. The Balaban J connectivity index is 2.70. The second-order valence-electron chi connectivity index (χ2n) is 4.07. The fraction of sp³-hybridized carbons (Fsp3) is 0.538. The molecule has 1 aromatic rings. The van der Waals surface area contributed by atoms with Gasteiger partial charge < -0.3 is 4.52 Å². The van der Waals surface area contributed by atoms with Crippen molar-refractivity contribution in [1.82, 2.24) is 0 Å². The van der Waals surface area contributed by atoms with Crippen molar-refractivity contribution >= 4 is 23.5 Å². The maximum absolute atomic E-state index is 12.5. The lowest BCUT2D eigenvalue weighted by Crippen LogP contribution is -2.03. The lowest BCUT2D eigenvalue weighted by molar-refractivity contribution is 0.264. The lowest BCUT2D eigenvalue weighted by atomic mass is 10.3. The number of unbranched alkanes of at least 4 members (excludes halogenated alkanes) is 1. The van der Waals surface area contributed by atoms with Crippen molar-refractivity contribution in [2.45, 2.75) is 33.1 Å². The molecule has 0 heterocycles. The number of halogens is 1. The van der Waals surface area contributed by atoms with Crippen LogP contribution >= 0.6 is 23.5 Å². The zero-order valence-corrected chi connectivity index (χ0v) is 13.4. The van der Waals surface area contributed by atoms with Crippen LogP contribution in [0.5, 0.6) is 5.75 Å². The van der Waals surface area contributed by atoms with Crippen LogP contribution in [0.25, 0.3) is 0 Å². The molecule has 1 aromatic carbocycles. The summed E-state index contributed by atoms with van der Waals surface area (Å²) < 4.78 is 24.5. The van der Waals surface area contributed by atoms with Gasteiger partial charge >= 0.3 is 7.60 Å². The van der Waals surface area contributed by atoms with Crippen LogP contribution in [0, 0.1) is 0 Å². The normalized spacial score (nSPS) is 14.2. The minimum Gasteiger partial charge on any atom is -0.424 e. The van der Waals surface area contributed by atoms with Crippen molar-refractivity contribution in [3.05, 3.63) is 28.7 Å². The van der Waals surface area contributed by atoms with E-state index < -0.39 is 7.60 Å². The Morgan fingerprint density at radius 3 is 2.39 bits per heavy atom. The fourth-order valence-corrected chi connectivity index (χ4v) is 3.52. The smallest absolute Gasteiger partial charge is 0.379 e. The van der Waals surface area contributed by atoms with Crippen LogP contribution in [-0.2, 0) is 9.09 Å². The average molecular weight is 335 g/mol. The van der Waals surface area contributed by atoms with Crippen molar-refractivity contribution in [1.29, 1.82) is 0 Å². The van der Waals surface area contributed by atoms with Gasteiger partial charge in [0.2, 0.25) is 0 Å². The Morgan fingerprint density at radius 2 is 1.83 bits per heavy atom. The molecule has 1 unspecified atom stereocenters. The van der Waals surface area contributed by atoms with E-state index in [1.807, 2.05) is 19.1 Å². The van der Waals surface area contributed by atoms with E-state index in [0.29, 0.717) is 18.5 Å². The molecule has 0 amide bonds. The third-order valence-electron chi connectivity index (χ3n) is 2.34. The summed E-state index contributed by atoms with van der Waals surface area (Å²) in [7, 11) is -3.00. The van der Waals surface area contributed by atoms with Crippen LogP contribution < -0.4 is 4.52 Å². The van der Waals surface area contributed by atoms with Crippen molar-refractivity contribution in [3.63, 3.8) is 0 Å². The molecule has 1 atom stereocenters. The molecule has 0 aliphatic rings. The largest absolute Gasteiger partial charge is 0.424 e. The molecule has 0 N–H and O–H groups in total. The summed E-state index contributed by atoms with van der Waals surface area (Å²) in [6.45, 7) is 4.52. The third kappa shape index (κ3) is 5.55. The summed E-state index contributed by atoms with van der Waals surface area (Å²) in [5, 5.41) is 0. The van der Waals surface area contributed by atoms with Gasteiger partial charge in [-0.05, 0) is 37.1 Å². The van der Waals surface area contributed by atoms with Crippen molar-refractivity contribution in [2.75, 3.05) is 12.8 Å². The Hall–Kier alpha value is -0.310. The van der Waals surface area contributed by atoms with Gasteiger partial charge in [0.05, 0.1) is 12.8 Å². The van der Waals surface area contributed by atoms with Gasteiger partial charge in [0.25, 0.3) is 0 Å². The zero-order chi connectivity index (χ0) is 13.4. The molecule has 18 heavy (non-hydrogen) atoms. The van der Waals surface area contributed by atoms with Gasteiger partial charge in [0.15, 0.2) is 0 Å². The van der Waals surface area contributed by atoms with Crippen LogP contribution in [0.3, 0.4) is 0 Å². The Morgan fingerprint density at radius 1 is 1.17 bits per heavy atom. The molecule has 5 heteroatoms. The van der Waals surface area contributed by atoms with Gasteiger partial charge in [0, 0.05) is 4.47 Å². The van der Waals surface area contributed by atoms with E-state index in [4.69, 9.17) is 9.05 Å². The van der Waals surface area contributed by atoms with Crippen molar-refractivity contribution < 1.29 is 13.6 Å². The van der Waals surface area contributed by atoms with E-state index in [1.165, 1.54) is 0 Å². The molecule has 3 nitrogen and oxygen atoms in total. The van der Waals surface area contributed by atoms with Crippen molar-refractivity contribution in [3.8, 4) is 5.75 Å². The molecular formula is C13H20BrO3P. The monoisotopic (exact) mass is 334 g/mol. The molecule has 0 bridgehead atoms. The predicted octanol–water partition coefficient (Wildman–Crippen LogP) is 5.25. The zero-order valence-electron chi connectivity index (χ0n) is 10.9. The standard InChI is InChI=1S/C13H20BrO3P/c1-3-5-11-18(15,16-10-4-2)17-13-8-6-12(14)7-9-13/h6-9H,3-5,10-11H2,1-2H3. The average Bonchev–Trinajstić information content (AvgIpc) is 2.37. The first-order valence-electron chi connectivity index (χ1n) is 6.28. The summed E-state index contributed by atoms with van der Waals surface area (Å²) in [6, 6.07) is 7.30. The summed E-state index contributed by atoms with van der Waals surface area (Å²) >= 11 is 3.35. The summed E-state index contributed by atoms with van der Waals surface area (Å²) in [5.74, 6) is 0.591. The SMILES string of the molecule is CCCCP(=O)(OCCC)Oc1ccc(Br)cc1. The Bertz CT molecular complexity index is 380. The van der Waals surface area contributed by atoms with E-state index in [0.717, 1.165) is 23.7 Å². The molecule has 1 rings (SSSR count).